The first-order valence-corrected chi connectivity index (χ1v) is 10.5. The second kappa shape index (κ2) is 9.13. The zero-order valence-corrected chi connectivity index (χ0v) is 18.4. The summed E-state index contributed by atoms with van der Waals surface area (Å²) in [6.45, 7) is 2.61. The van der Waals surface area contributed by atoms with Crippen LogP contribution in [0.15, 0.2) is 47.4 Å². The summed E-state index contributed by atoms with van der Waals surface area (Å²) >= 11 is 0. The van der Waals surface area contributed by atoms with Crippen molar-refractivity contribution in [3.05, 3.63) is 64.3 Å². The molecule has 2 heterocycles. The molecule has 4 aromatic rings. The van der Waals surface area contributed by atoms with Crippen molar-refractivity contribution in [2.45, 2.75) is 26.3 Å². The maximum absolute atomic E-state index is 13.2. The molecular formula is C24H26N4O4. The van der Waals surface area contributed by atoms with Crippen LogP contribution in [0.5, 0.6) is 11.5 Å². The number of nitrogens with one attached hydrogen (secondary N) is 2. The number of hydrogen-bond acceptors (Lipinski definition) is 5. The lowest BCUT2D eigenvalue weighted by atomic mass is 10.1. The molecule has 0 saturated heterocycles. The summed E-state index contributed by atoms with van der Waals surface area (Å²) in [5, 5.41) is 4.40. The molecule has 32 heavy (non-hydrogen) atoms. The van der Waals surface area contributed by atoms with Gasteiger partial charge < -0.3 is 19.8 Å². The van der Waals surface area contributed by atoms with Crippen molar-refractivity contribution in [2.24, 2.45) is 0 Å². The number of carbonyl (C=O) groups is 1. The van der Waals surface area contributed by atoms with Gasteiger partial charge in [-0.1, -0.05) is 25.1 Å². The summed E-state index contributed by atoms with van der Waals surface area (Å²) < 4.78 is 12.3. The predicted molar refractivity (Wildman–Crippen MR) is 123 cm³/mol. The molecule has 0 aliphatic rings. The Morgan fingerprint density at radius 2 is 1.88 bits per heavy atom. The Kier molecular flexibility index (Phi) is 6.11. The minimum atomic E-state index is -0.168. The number of ether oxygens (including phenoxy) is 2. The van der Waals surface area contributed by atoms with E-state index in [4.69, 9.17) is 9.47 Å². The monoisotopic (exact) mass is 434 g/mol. The molecule has 0 unspecified atom stereocenters. The van der Waals surface area contributed by atoms with Crippen LogP contribution in [0, 0.1) is 0 Å². The molecule has 166 valence electrons. The first-order chi connectivity index (χ1) is 15.5. The van der Waals surface area contributed by atoms with Crippen molar-refractivity contribution in [3.8, 4) is 11.5 Å². The highest BCUT2D eigenvalue weighted by atomic mass is 16.5. The Labute approximate surface area is 185 Å². The fraction of sp³-hybridized carbons (Fsp3) is 0.292. The van der Waals surface area contributed by atoms with E-state index in [1.54, 1.807) is 23.8 Å². The SMILES string of the molecule is CCc1nc2cc(OC)c(OC)cc2c(=O)n1CCNC(=O)Cc1c[nH]c2ccccc12. The Balaban J connectivity index is 1.51. The molecule has 1 amide bonds. The quantitative estimate of drug-likeness (QED) is 0.444. The Bertz CT molecular complexity index is 1340. The summed E-state index contributed by atoms with van der Waals surface area (Å²) in [5.74, 6) is 1.56. The summed E-state index contributed by atoms with van der Waals surface area (Å²) in [7, 11) is 3.07. The van der Waals surface area contributed by atoms with Gasteiger partial charge in [0.2, 0.25) is 5.91 Å². The van der Waals surface area contributed by atoms with E-state index in [1.807, 2.05) is 37.4 Å². The van der Waals surface area contributed by atoms with Gasteiger partial charge in [0.1, 0.15) is 5.82 Å². The number of benzene rings is 2. The van der Waals surface area contributed by atoms with Crippen LogP contribution in [0.2, 0.25) is 0 Å². The van der Waals surface area contributed by atoms with Gasteiger partial charge >= 0.3 is 0 Å². The van der Waals surface area contributed by atoms with E-state index < -0.39 is 0 Å². The molecule has 2 aromatic carbocycles. The standard InChI is InChI=1S/C24H26N4O4/c1-4-22-27-19-13-21(32-3)20(31-2)12-17(19)24(30)28(22)10-9-25-23(29)11-15-14-26-18-8-6-5-7-16(15)18/h5-8,12-14,26H,4,9-11H2,1-3H3,(H,25,29). The molecular weight excluding hydrogens is 408 g/mol. The Morgan fingerprint density at radius 3 is 2.62 bits per heavy atom. The predicted octanol–water partition coefficient (Wildman–Crippen LogP) is 2.82. The number of amides is 1. The maximum Gasteiger partial charge on any atom is 0.261 e. The van der Waals surface area contributed by atoms with E-state index in [9.17, 15) is 9.59 Å². The third-order valence-corrected chi connectivity index (χ3v) is 5.54. The highest BCUT2D eigenvalue weighted by Gasteiger charge is 2.15. The van der Waals surface area contributed by atoms with Gasteiger partial charge in [0.25, 0.3) is 5.56 Å². The average Bonchev–Trinajstić information content (AvgIpc) is 3.22. The van der Waals surface area contributed by atoms with Crippen molar-refractivity contribution < 1.29 is 14.3 Å². The number of nitrogens with zero attached hydrogens (tertiary/aromatic N) is 2. The number of para-hydroxylation sites is 1. The lowest BCUT2D eigenvalue weighted by Gasteiger charge is -2.14. The molecule has 0 aliphatic heterocycles. The summed E-state index contributed by atoms with van der Waals surface area (Å²) in [6, 6.07) is 11.2. The number of methoxy groups -OCH3 is 2. The van der Waals surface area contributed by atoms with Crippen LogP contribution >= 0.6 is 0 Å². The van der Waals surface area contributed by atoms with Crippen molar-refractivity contribution in [1.29, 1.82) is 0 Å². The lowest BCUT2D eigenvalue weighted by molar-refractivity contribution is -0.120. The largest absolute Gasteiger partial charge is 0.493 e. The molecule has 0 saturated carbocycles. The second-order valence-electron chi connectivity index (χ2n) is 7.45. The minimum absolute atomic E-state index is 0.0963. The van der Waals surface area contributed by atoms with Gasteiger partial charge in [-0.15, -0.1) is 0 Å². The van der Waals surface area contributed by atoms with Crippen LogP contribution in [0.1, 0.15) is 18.3 Å². The summed E-state index contributed by atoms with van der Waals surface area (Å²) in [5.41, 5.74) is 2.34. The van der Waals surface area contributed by atoms with E-state index in [0.717, 1.165) is 16.5 Å². The molecule has 2 aromatic heterocycles. The topological polar surface area (TPSA) is 98.2 Å². The van der Waals surface area contributed by atoms with Gasteiger partial charge in [-0.2, -0.15) is 0 Å². The van der Waals surface area contributed by atoms with E-state index in [0.29, 0.717) is 47.7 Å². The number of aromatic nitrogens is 3. The third kappa shape index (κ3) is 4.03. The molecule has 0 atom stereocenters. The zero-order valence-electron chi connectivity index (χ0n) is 18.4. The number of carbonyl (C=O) groups excluding carboxylic acids is 1. The zero-order chi connectivity index (χ0) is 22.7. The highest BCUT2D eigenvalue weighted by molar-refractivity contribution is 5.88. The van der Waals surface area contributed by atoms with Gasteiger partial charge in [0.15, 0.2) is 11.5 Å². The second-order valence-corrected chi connectivity index (χ2v) is 7.45. The number of rotatable bonds is 8. The number of fused-ring (bicyclic) bond motifs is 2. The van der Waals surface area contributed by atoms with E-state index in [1.165, 1.54) is 7.11 Å². The van der Waals surface area contributed by atoms with Crippen LogP contribution in [0.3, 0.4) is 0 Å². The Hall–Kier alpha value is -3.81. The summed E-state index contributed by atoms with van der Waals surface area (Å²) in [6.07, 6.45) is 2.72. The first-order valence-electron chi connectivity index (χ1n) is 10.5. The van der Waals surface area contributed by atoms with Crippen LogP contribution in [-0.4, -0.2) is 41.2 Å². The molecule has 8 heteroatoms. The molecule has 0 aliphatic carbocycles. The Morgan fingerprint density at radius 1 is 1.12 bits per heavy atom. The van der Waals surface area contributed by atoms with Crippen LogP contribution in [0.4, 0.5) is 0 Å². The van der Waals surface area contributed by atoms with E-state index in [-0.39, 0.29) is 17.9 Å². The van der Waals surface area contributed by atoms with E-state index >= 15 is 0 Å². The normalized spacial score (nSPS) is 11.1. The van der Waals surface area contributed by atoms with Gasteiger partial charge in [0, 0.05) is 42.7 Å². The van der Waals surface area contributed by atoms with Gasteiger partial charge in [-0.05, 0) is 17.7 Å². The molecule has 8 nitrogen and oxygen atoms in total. The van der Waals surface area contributed by atoms with Gasteiger partial charge in [-0.3, -0.25) is 14.2 Å². The number of aryl methyl sites for hydroxylation is 1. The average molecular weight is 434 g/mol. The summed E-state index contributed by atoms with van der Waals surface area (Å²) in [4.78, 5) is 33.5. The molecule has 0 spiro atoms. The molecule has 0 radical (unpaired) electrons. The van der Waals surface area contributed by atoms with Crippen molar-refractivity contribution in [2.75, 3.05) is 20.8 Å². The number of aromatic amines is 1. The van der Waals surface area contributed by atoms with Crippen molar-refractivity contribution in [3.63, 3.8) is 0 Å². The molecule has 4 rings (SSSR count). The first kappa shape index (κ1) is 21.4. The van der Waals surface area contributed by atoms with E-state index in [2.05, 4.69) is 15.3 Å². The fourth-order valence-electron chi connectivity index (χ4n) is 3.92. The van der Waals surface area contributed by atoms with Crippen LogP contribution < -0.4 is 20.3 Å². The third-order valence-electron chi connectivity index (χ3n) is 5.54. The number of hydrogen-bond donors (Lipinski definition) is 2. The molecule has 0 fully saturated rings. The van der Waals surface area contributed by atoms with Crippen molar-refractivity contribution >= 4 is 27.7 Å². The van der Waals surface area contributed by atoms with Crippen molar-refractivity contribution in [1.82, 2.24) is 19.9 Å². The molecule has 0 bridgehead atoms. The lowest BCUT2D eigenvalue weighted by Crippen LogP contribution is -2.33. The van der Waals surface area contributed by atoms with Gasteiger partial charge in [-0.25, -0.2) is 4.98 Å². The minimum Gasteiger partial charge on any atom is -0.493 e. The highest BCUT2D eigenvalue weighted by Crippen LogP contribution is 2.30. The van der Waals surface area contributed by atoms with Crippen LogP contribution in [0.25, 0.3) is 21.8 Å². The van der Waals surface area contributed by atoms with Gasteiger partial charge in [0.05, 0.1) is 31.5 Å². The van der Waals surface area contributed by atoms with Crippen LogP contribution in [-0.2, 0) is 24.2 Å². The fourth-order valence-corrected chi connectivity index (χ4v) is 3.92. The molecule has 2 N–H and O–H groups in total. The maximum atomic E-state index is 13.2. The number of H-pyrrole nitrogens is 1. The smallest absolute Gasteiger partial charge is 0.261 e.